The topological polar surface area (TPSA) is 55.6 Å². The van der Waals surface area contributed by atoms with Crippen molar-refractivity contribution in [2.24, 2.45) is 0 Å². The van der Waals surface area contributed by atoms with E-state index in [9.17, 15) is 18.0 Å². The Kier molecular flexibility index (Phi) is 4.17. The van der Waals surface area contributed by atoms with Crippen LogP contribution in [0.25, 0.3) is 0 Å². The summed E-state index contributed by atoms with van der Waals surface area (Å²) >= 11 is 0. The molecule has 7 heteroatoms. The number of alkyl halides is 3. The number of anilines is 2. The highest BCUT2D eigenvalue weighted by atomic mass is 19.4. The molecular weight excluding hydrogens is 273 g/mol. The standard InChI is InChI=1S/C13H15F3N2O2/c14-13(15,16)8-20-7-5-11(19)18-6-4-9-2-1-3-10(17)12(9)18/h1-3H,4-8,17H2. The van der Waals surface area contributed by atoms with Crippen molar-refractivity contribution in [2.45, 2.75) is 19.0 Å². The lowest BCUT2D eigenvalue weighted by Gasteiger charge is -2.19. The van der Waals surface area contributed by atoms with E-state index in [-0.39, 0.29) is 18.9 Å². The SMILES string of the molecule is Nc1cccc2c1N(C(=O)CCOCC(F)(F)F)CC2. The monoisotopic (exact) mass is 288 g/mol. The summed E-state index contributed by atoms with van der Waals surface area (Å²) in [5.41, 5.74) is 8.00. The highest BCUT2D eigenvalue weighted by molar-refractivity contribution is 5.98. The van der Waals surface area contributed by atoms with Crippen LogP contribution >= 0.6 is 0 Å². The molecule has 0 bridgehead atoms. The highest BCUT2D eigenvalue weighted by Crippen LogP contribution is 2.33. The summed E-state index contributed by atoms with van der Waals surface area (Å²) in [5, 5.41) is 0. The maximum Gasteiger partial charge on any atom is 0.411 e. The van der Waals surface area contributed by atoms with Crippen molar-refractivity contribution in [3.05, 3.63) is 23.8 Å². The Bertz CT molecular complexity index is 503. The van der Waals surface area contributed by atoms with Crippen LogP contribution in [-0.4, -0.2) is 31.8 Å². The van der Waals surface area contributed by atoms with Crippen LogP contribution in [-0.2, 0) is 16.0 Å². The molecule has 110 valence electrons. The summed E-state index contributed by atoms with van der Waals surface area (Å²) < 4.78 is 40.1. The van der Waals surface area contributed by atoms with Crippen molar-refractivity contribution in [1.82, 2.24) is 0 Å². The van der Waals surface area contributed by atoms with E-state index in [1.807, 2.05) is 12.1 Å². The van der Waals surface area contributed by atoms with Crippen molar-refractivity contribution in [2.75, 3.05) is 30.4 Å². The van der Waals surface area contributed by atoms with Gasteiger partial charge >= 0.3 is 6.18 Å². The van der Waals surface area contributed by atoms with Crippen LogP contribution in [0.1, 0.15) is 12.0 Å². The first kappa shape index (κ1) is 14.6. The fraction of sp³-hybridized carbons (Fsp3) is 0.462. The minimum atomic E-state index is -4.37. The van der Waals surface area contributed by atoms with E-state index < -0.39 is 12.8 Å². The zero-order valence-corrected chi connectivity index (χ0v) is 10.7. The van der Waals surface area contributed by atoms with Crippen LogP contribution < -0.4 is 10.6 Å². The number of carbonyl (C=O) groups excluding carboxylic acids is 1. The van der Waals surface area contributed by atoms with Gasteiger partial charge in [-0.25, -0.2) is 0 Å². The van der Waals surface area contributed by atoms with Crippen molar-refractivity contribution < 1.29 is 22.7 Å². The lowest BCUT2D eigenvalue weighted by Crippen LogP contribution is -2.30. The number of nitrogens with two attached hydrogens (primary N) is 1. The van der Waals surface area contributed by atoms with E-state index in [2.05, 4.69) is 4.74 Å². The molecule has 0 aromatic heterocycles. The normalized spacial score (nSPS) is 14.4. The highest BCUT2D eigenvalue weighted by Gasteiger charge is 2.29. The number of hydrogen-bond acceptors (Lipinski definition) is 3. The van der Waals surface area contributed by atoms with Gasteiger partial charge in [-0.1, -0.05) is 12.1 Å². The van der Waals surface area contributed by atoms with Crippen LogP contribution in [0.15, 0.2) is 18.2 Å². The second-order valence-electron chi connectivity index (χ2n) is 4.57. The van der Waals surface area contributed by atoms with Gasteiger partial charge in [-0.3, -0.25) is 4.79 Å². The number of amides is 1. The molecule has 1 amide bonds. The number of ether oxygens (including phenoxy) is 1. The number of rotatable bonds is 4. The van der Waals surface area contributed by atoms with Crippen molar-refractivity contribution in [1.29, 1.82) is 0 Å². The van der Waals surface area contributed by atoms with E-state index >= 15 is 0 Å². The van der Waals surface area contributed by atoms with Crippen LogP contribution in [0.5, 0.6) is 0 Å². The number of nitrogen functional groups attached to an aromatic ring is 1. The summed E-state index contributed by atoms with van der Waals surface area (Å²) in [7, 11) is 0. The van der Waals surface area contributed by atoms with Gasteiger partial charge in [0.25, 0.3) is 0 Å². The molecule has 0 saturated carbocycles. The van der Waals surface area contributed by atoms with Gasteiger partial charge in [0.2, 0.25) is 5.91 Å². The zero-order valence-electron chi connectivity index (χ0n) is 10.7. The fourth-order valence-electron chi connectivity index (χ4n) is 2.22. The molecule has 1 aliphatic rings. The number of halogens is 3. The predicted octanol–water partition coefficient (Wildman–Crippen LogP) is 2.13. The van der Waals surface area contributed by atoms with E-state index in [1.165, 1.54) is 4.90 Å². The molecule has 0 atom stereocenters. The maximum absolute atomic E-state index is 12.0. The van der Waals surface area contributed by atoms with Gasteiger partial charge in [-0.05, 0) is 18.1 Å². The summed E-state index contributed by atoms with van der Waals surface area (Å²) in [6.07, 6.45) is -3.76. The molecule has 0 saturated heterocycles. The second kappa shape index (κ2) is 5.70. The summed E-state index contributed by atoms with van der Waals surface area (Å²) in [4.78, 5) is 13.5. The molecule has 2 N–H and O–H groups in total. The largest absolute Gasteiger partial charge is 0.411 e. The molecule has 0 spiro atoms. The number of benzene rings is 1. The zero-order chi connectivity index (χ0) is 14.8. The smallest absolute Gasteiger partial charge is 0.397 e. The molecule has 4 nitrogen and oxygen atoms in total. The van der Waals surface area contributed by atoms with E-state index in [1.54, 1.807) is 6.07 Å². The maximum atomic E-state index is 12.0. The molecule has 1 heterocycles. The van der Waals surface area contributed by atoms with E-state index in [0.717, 1.165) is 5.56 Å². The molecule has 0 aliphatic carbocycles. The van der Waals surface area contributed by atoms with Crippen LogP contribution in [0.2, 0.25) is 0 Å². The number of para-hydroxylation sites is 1. The summed E-state index contributed by atoms with van der Waals surface area (Å²) in [6.45, 7) is -1.09. The van der Waals surface area contributed by atoms with Gasteiger partial charge in [-0.15, -0.1) is 0 Å². The van der Waals surface area contributed by atoms with E-state index in [4.69, 9.17) is 5.73 Å². The average molecular weight is 288 g/mol. The Morgan fingerprint density at radius 1 is 1.40 bits per heavy atom. The molecule has 1 aromatic rings. The van der Waals surface area contributed by atoms with Gasteiger partial charge in [0.1, 0.15) is 6.61 Å². The Labute approximate surface area is 114 Å². The van der Waals surface area contributed by atoms with Gasteiger partial charge in [0.15, 0.2) is 0 Å². The van der Waals surface area contributed by atoms with Crippen molar-refractivity contribution >= 4 is 17.3 Å². The minimum Gasteiger partial charge on any atom is -0.397 e. The Morgan fingerprint density at radius 2 is 2.15 bits per heavy atom. The summed E-state index contributed by atoms with van der Waals surface area (Å²) in [6, 6.07) is 5.40. The van der Waals surface area contributed by atoms with Gasteiger partial charge in [0, 0.05) is 6.54 Å². The molecule has 1 aliphatic heterocycles. The number of fused-ring (bicyclic) bond motifs is 1. The fourth-order valence-corrected chi connectivity index (χ4v) is 2.22. The Morgan fingerprint density at radius 3 is 2.85 bits per heavy atom. The van der Waals surface area contributed by atoms with Crippen LogP contribution in [0.4, 0.5) is 24.5 Å². The molecule has 1 aromatic carbocycles. The molecule has 0 unspecified atom stereocenters. The van der Waals surface area contributed by atoms with Crippen LogP contribution in [0, 0.1) is 0 Å². The first-order valence-corrected chi connectivity index (χ1v) is 6.21. The molecule has 20 heavy (non-hydrogen) atoms. The van der Waals surface area contributed by atoms with Gasteiger partial charge in [-0.2, -0.15) is 13.2 Å². The third-order valence-corrected chi connectivity index (χ3v) is 3.05. The Balaban J connectivity index is 1.90. The van der Waals surface area contributed by atoms with Gasteiger partial charge < -0.3 is 15.4 Å². The number of carbonyl (C=O) groups is 1. The first-order valence-electron chi connectivity index (χ1n) is 6.21. The molecule has 0 radical (unpaired) electrons. The first-order chi connectivity index (χ1) is 9.38. The summed E-state index contributed by atoms with van der Waals surface area (Å²) in [5.74, 6) is -0.274. The van der Waals surface area contributed by atoms with Crippen molar-refractivity contribution in [3.63, 3.8) is 0 Å². The van der Waals surface area contributed by atoms with Crippen molar-refractivity contribution in [3.8, 4) is 0 Å². The third kappa shape index (κ3) is 3.41. The van der Waals surface area contributed by atoms with E-state index in [0.29, 0.717) is 24.3 Å². The molecular formula is C13H15F3N2O2. The lowest BCUT2D eigenvalue weighted by atomic mass is 10.1. The van der Waals surface area contributed by atoms with Crippen LogP contribution in [0.3, 0.4) is 0 Å². The Hall–Kier alpha value is -1.76. The minimum absolute atomic E-state index is 0.0934. The third-order valence-electron chi connectivity index (χ3n) is 3.05. The lowest BCUT2D eigenvalue weighted by molar-refractivity contribution is -0.174. The quantitative estimate of drug-likeness (QED) is 0.682. The second-order valence-corrected chi connectivity index (χ2v) is 4.57. The molecule has 0 fully saturated rings. The predicted molar refractivity (Wildman–Crippen MR) is 68.4 cm³/mol. The number of hydrogen-bond donors (Lipinski definition) is 1. The average Bonchev–Trinajstić information content (AvgIpc) is 2.78. The van der Waals surface area contributed by atoms with Gasteiger partial charge in [0.05, 0.1) is 24.4 Å². The number of nitrogens with zero attached hydrogens (tertiary/aromatic N) is 1. The molecule has 2 rings (SSSR count).